The summed E-state index contributed by atoms with van der Waals surface area (Å²) in [4.78, 5) is 0. The molecule has 0 aromatic heterocycles. The van der Waals surface area contributed by atoms with E-state index in [4.69, 9.17) is 11.0 Å². The van der Waals surface area contributed by atoms with Crippen molar-refractivity contribution in [1.29, 1.82) is 5.26 Å². The first-order valence-corrected chi connectivity index (χ1v) is 4.84. The zero-order chi connectivity index (χ0) is 9.14. The molecule has 0 spiro atoms. The third kappa shape index (κ3) is 1.99. The third-order valence-electron chi connectivity index (χ3n) is 1.45. The Hall–Kier alpha value is -0.530. The quantitative estimate of drug-likeness (QED) is 0.808. The average Bonchev–Trinajstić information content (AvgIpc) is 2.01. The predicted octanol–water partition coefficient (Wildman–Crippen LogP) is 2.86. The number of rotatable bonds is 1. The molecule has 1 rings (SSSR count). The lowest BCUT2D eigenvalue weighted by Crippen LogP contribution is -1.93. The molecule has 0 unspecified atom stereocenters. The number of benzene rings is 1. The smallest absolute Gasteiger partial charge is 0.0670 e. The Morgan fingerprint density at radius 2 is 1.92 bits per heavy atom. The number of nitrogens with two attached hydrogens (primary N) is 1. The first kappa shape index (κ1) is 9.56. The average molecular weight is 290 g/mol. The summed E-state index contributed by atoms with van der Waals surface area (Å²) in [7, 11) is 0. The molecule has 0 saturated heterocycles. The van der Waals surface area contributed by atoms with E-state index >= 15 is 0 Å². The molecule has 12 heavy (non-hydrogen) atoms. The predicted molar refractivity (Wildman–Crippen MR) is 55.6 cm³/mol. The third-order valence-corrected chi connectivity index (χ3v) is 3.30. The van der Waals surface area contributed by atoms with Gasteiger partial charge < -0.3 is 5.73 Å². The minimum absolute atomic E-state index is 0.345. The number of hydrogen-bond acceptors (Lipinski definition) is 2. The zero-order valence-corrected chi connectivity index (χ0v) is 9.31. The van der Waals surface area contributed by atoms with Gasteiger partial charge in [-0.3, -0.25) is 0 Å². The van der Waals surface area contributed by atoms with Gasteiger partial charge in [-0.15, -0.1) is 0 Å². The fourth-order valence-corrected chi connectivity index (χ4v) is 1.59. The molecule has 0 radical (unpaired) electrons. The fourth-order valence-electron chi connectivity index (χ4n) is 0.842. The largest absolute Gasteiger partial charge is 0.398 e. The lowest BCUT2D eigenvalue weighted by molar-refractivity contribution is 1.26. The molecule has 0 aliphatic rings. The van der Waals surface area contributed by atoms with E-state index in [0.29, 0.717) is 12.1 Å². The van der Waals surface area contributed by atoms with Gasteiger partial charge in [0.25, 0.3) is 0 Å². The van der Waals surface area contributed by atoms with Crippen molar-refractivity contribution in [2.24, 2.45) is 0 Å². The molecule has 1 aromatic rings. The van der Waals surface area contributed by atoms with Crippen LogP contribution in [0.5, 0.6) is 0 Å². The Morgan fingerprint density at radius 3 is 2.50 bits per heavy atom. The molecule has 0 amide bonds. The maximum Gasteiger partial charge on any atom is 0.0670 e. The summed E-state index contributed by atoms with van der Waals surface area (Å²) in [5.41, 5.74) is 7.17. The van der Waals surface area contributed by atoms with Gasteiger partial charge in [0.15, 0.2) is 0 Å². The van der Waals surface area contributed by atoms with E-state index in [-0.39, 0.29) is 0 Å². The van der Waals surface area contributed by atoms with Crippen LogP contribution < -0.4 is 5.73 Å². The van der Waals surface area contributed by atoms with E-state index in [0.717, 1.165) is 14.5 Å². The first-order valence-electron chi connectivity index (χ1n) is 3.25. The van der Waals surface area contributed by atoms with E-state index in [1.54, 1.807) is 6.07 Å². The highest BCUT2D eigenvalue weighted by molar-refractivity contribution is 9.13. The summed E-state index contributed by atoms with van der Waals surface area (Å²) < 4.78 is 1.82. The number of nitriles is 1. The van der Waals surface area contributed by atoms with Gasteiger partial charge in [-0.25, -0.2) is 0 Å². The minimum Gasteiger partial charge on any atom is -0.398 e. The molecule has 0 saturated carbocycles. The lowest BCUT2D eigenvalue weighted by Gasteiger charge is -2.03. The van der Waals surface area contributed by atoms with Crippen LogP contribution in [0.4, 0.5) is 5.69 Å². The molecule has 62 valence electrons. The maximum atomic E-state index is 8.47. The van der Waals surface area contributed by atoms with Crippen LogP contribution in [0.15, 0.2) is 21.1 Å². The molecule has 0 aliphatic heterocycles. The molecule has 0 fully saturated rings. The topological polar surface area (TPSA) is 49.8 Å². The summed E-state index contributed by atoms with van der Waals surface area (Å²) in [6.07, 6.45) is 0.345. The highest BCUT2D eigenvalue weighted by Gasteiger charge is 2.03. The van der Waals surface area contributed by atoms with Crippen LogP contribution in [-0.2, 0) is 6.42 Å². The Bertz CT molecular complexity index is 342. The second kappa shape index (κ2) is 3.92. The Labute approximate surface area is 87.6 Å². The van der Waals surface area contributed by atoms with Gasteiger partial charge in [-0.1, -0.05) is 0 Å². The normalized spacial score (nSPS) is 9.42. The van der Waals surface area contributed by atoms with Crippen LogP contribution in [0.1, 0.15) is 5.56 Å². The number of anilines is 1. The SMILES string of the molecule is N#CCc1cc(Br)c(Br)cc1N. The highest BCUT2D eigenvalue weighted by Crippen LogP contribution is 2.28. The summed E-state index contributed by atoms with van der Waals surface area (Å²) in [6.45, 7) is 0. The molecule has 0 heterocycles. The van der Waals surface area contributed by atoms with E-state index < -0.39 is 0 Å². The molecule has 0 atom stereocenters. The van der Waals surface area contributed by atoms with E-state index in [9.17, 15) is 0 Å². The standard InChI is InChI=1S/C8H6Br2N2/c9-6-3-5(1-2-11)8(12)4-7(6)10/h3-4H,1,12H2. The van der Waals surface area contributed by atoms with Crippen molar-refractivity contribution >= 4 is 37.5 Å². The Morgan fingerprint density at radius 1 is 1.33 bits per heavy atom. The molecule has 0 bridgehead atoms. The van der Waals surface area contributed by atoms with Gasteiger partial charge in [0, 0.05) is 14.6 Å². The minimum atomic E-state index is 0.345. The van der Waals surface area contributed by atoms with Crippen molar-refractivity contribution in [3.8, 4) is 6.07 Å². The molecule has 2 nitrogen and oxygen atoms in total. The van der Waals surface area contributed by atoms with Gasteiger partial charge in [0.05, 0.1) is 12.5 Å². The number of nitrogen functional groups attached to an aromatic ring is 1. The molecule has 0 aliphatic carbocycles. The van der Waals surface area contributed by atoms with Gasteiger partial charge in [0.2, 0.25) is 0 Å². The number of halogens is 2. The summed E-state index contributed by atoms with van der Waals surface area (Å²) >= 11 is 6.66. The van der Waals surface area contributed by atoms with E-state index in [1.807, 2.05) is 6.07 Å². The Balaban J connectivity index is 3.16. The van der Waals surface area contributed by atoms with Crippen molar-refractivity contribution in [3.05, 3.63) is 26.6 Å². The molecular weight excluding hydrogens is 284 g/mol. The van der Waals surface area contributed by atoms with E-state index in [1.165, 1.54) is 0 Å². The van der Waals surface area contributed by atoms with Crippen LogP contribution in [0, 0.1) is 11.3 Å². The van der Waals surface area contributed by atoms with Crippen molar-refractivity contribution in [1.82, 2.24) is 0 Å². The lowest BCUT2D eigenvalue weighted by atomic mass is 10.1. The summed E-state index contributed by atoms with van der Waals surface area (Å²) in [5.74, 6) is 0. The van der Waals surface area contributed by atoms with Gasteiger partial charge >= 0.3 is 0 Å². The van der Waals surface area contributed by atoms with Crippen molar-refractivity contribution < 1.29 is 0 Å². The van der Waals surface area contributed by atoms with Crippen LogP contribution in [0.25, 0.3) is 0 Å². The van der Waals surface area contributed by atoms with Crippen LogP contribution in [-0.4, -0.2) is 0 Å². The zero-order valence-electron chi connectivity index (χ0n) is 6.14. The molecule has 1 aromatic carbocycles. The highest BCUT2D eigenvalue weighted by atomic mass is 79.9. The van der Waals surface area contributed by atoms with Gasteiger partial charge in [-0.05, 0) is 49.6 Å². The summed E-state index contributed by atoms with van der Waals surface area (Å²) in [6, 6.07) is 5.69. The van der Waals surface area contributed by atoms with Crippen LogP contribution in [0.2, 0.25) is 0 Å². The van der Waals surface area contributed by atoms with Gasteiger partial charge in [-0.2, -0.15) is 5.26 Å². The van der Waals surface area contributed by atoms with Crippen molar-refractivity contribution in [3.63, 3.8) is 0 Å². The first-order chi connectivity index (χ1) is 5.65. The van der Waals surface area contributed by atoms with Crippen molar-refractivity contribution in [2.45, 2.75) is 6.42 Å². The molecule has 2 N–H and O–H groups in total. The monoisotopic (exact) mass is 288 g/mol. The summed E-state index contributed by atoms with van der Waals surface area (Å²) in [5, 5.41) is 8.47. The van der Waals surface area contributed by atoms with Crippen LogP contribution >= 0.6 is 31.9 Å². The fraction of sp³-hybridized carbons (Fsp3) is 0.125. The Kier molecular flexibility index (Phi) is 3.12. The maximum absolute atomic E-state index is 8.47. The number of nitrogens with zero attached hydrogens (tertiary/aromatic N) is 1. The molecule has 4 heteroatoms. The second-order valence-corrected chi connectivity index (χ2v) is 4.01. The molecular formula is C8H6Br2N2. The number of hydrogen-bond donors (Lipinski definition) is 1. The van der Waals surface area contributed by atoms with Crippen LogP contribution in [0.3, 0.4) is 0 Å². The van der Waals surface area contributed by atoms with Gasteiger partial charge in [0.1, 0.15) is 0 Å². The second-order valence-electron chi connectivity index (χ2n) is 2.30. The van der Waals surface area contributed by atoms with E-state index in [2.05, 4.69) is 37.9 Å². The van der Waals surface area contributed by atoms with Crippen molar-refractivity contribution in [2.75, 3.05) is 5.73 Å².